The molecule has 10 radical (unpaired) electrons. The van der Waals surface area contributed by atoms with Crippen molar-refractivity contribution in [2.75, 3.05) is 0 Å². The van der Waals surface area contributed by atoms with Crippen LogP contribution in [-0.4, -0.2) is 12.6 Å². The SMILES string of the molecule is O=Cc1cccc(-c2ccc([C]3[CH][CH][CH][CH]3)cc2)c1.O=Cc1cccc(-c2ccc([C]3[CH][CH][CH][CH]3)cc2)c1.[Fe]. The van der Waals surface area contributed by atoms with Crippen LogP contribution in [0.2, 0.25) is 0 Å². The van der Waals surface area contributed by atoms with E-state index in [2.05, 4.69) is 74.2 Å². The second-order valence-corrected chi connectivity index (χ2v) is 8.99. The summed E-state index contributed by atoms with van der Waals surface area (Å²) in [7, 11) is 0. The molecule has 39 heavy (non-hydrogen) atoms. The van der Waals surface area contributed by atoms with Crippen LogP contribution in [0.25, 0.3) is 22.3 Å². The fourth-order valence-corrected chi connectivity index (χ4v) is 4.43. The number of aldehydes is 2. The zero-order chi connectivity index (χ0) is 26.2. The van der Waals surface area contributed by atoms with Crippen LogP contribution in [0.4, 0.5) is 0 Å². The largest absolute Gasteiger partial charge is 0.298 e. The Balaban J connectivity index is 0.000000176. The van der Waals surface area contributed by atoms with Crippen LogP contribution < -0.4 is 0 Å². The van der Waals surface area contributed by atoms with Gasteiger partial charge < -0.3 is 0 Å². The van der Waals surface area contributed by atoms with E-state index in [0.717, 1.165) is 34.8 Å². The second-order valence-electron chi connectivity index (χ2n) is 8.99. The summed E-state index contributed by atoms with van der Waals surface area (Å²) in [6, 6.07) is 32.1. The topological polar surface area (TPSA) is 34.1 Å². The smallest absolute Gasteiger partial charge is 0.150 e. The van der Waals surface area contributed by atoms with Gasteiger partial charge in [0, 0.05) is 40.0 Å². The van der Waals surface area contributed by atoms with Gasteiger partial charge in [0.05, 0.1) is 0 Å². The minimum absolute atomic E-state index is 0. The molecule has 0 amide bonds. The van der Waals surface area contributed by atoms with Crippen molar-refractivity contribution < 1.29 is 26.7 Å². The molecule has 4 aromatic rings. The van der Waals surface area contributed by atoms with E-state index < -0.39 is 0 Å². The Morgan fingerprint density at radius 3 is 1.05 bits per heavy atom. The van der Waals surface area contributed by atoms with Crippen LogP contribution in [-0.2, 0) is 17.1 Å². The van der Waals surface area contributed by atoms with Gasteiger partial charge in [0.15, 0.2) is 0 Å². The summed E-state index contributed by atoms with van der Waals surface area (Å²) in [5.41, 5.74) is 8.21. The molecule has 2 saturated carbocycles. The van der Waals surface area contributed by atoms with E-state index in [9.17, 15) is 9.59 Å². The van der Waals surface area contributed by atoms with Gasteiger partial charge in [0.2, 0.25) is 0 Å². The Morgan fingerprint density at radius 2 is 0.718 bits per heavy atom. The second kappa shape index (κ2) is 14.2. The van der Waals surface area contributed by atoms with Crippen LogP contribution in [0, 0.1) is 63.2 Å². The number of carbonyl (C=O) groups excluding carboxylic acids is 2. The predicted octanol–water partition coefficient (Wildman–Crippen LogP) is 7.84. The standard InChI is InChI=1S/2C18H13O.Fe/c2*19-13-14-4-3-7-18(12-14)17-10-8-16(9-11-17)15-5-1-2-6-15;/h2*1-13H;. The average molecular weight is 546 g/mol. The Labute approximate surface area is 243 Å². The molecule has 0 heterocycles. The zero-order valence-corrected chi connectivity index (χ0v) is 22.3. The van der Waals surface area contributed by atoms with Crippen LogP contribution in [0.3, 0.4) is 0 Å². The van der Waals surface area contributed by atoms with E-state index in [-0.39, 0.29) is 17.1 Å². The summed E-state index contributed by atoms with van der Waals surface area (Å²) in [5.74, 6) is 2.46. The van der Waals surface area contributed by atoms with Crippen LogP contribution in [0.5, 0.6) is 0 Å². The monoisotopic (exact) mass is 546 g/mol. The summed E-state index contributed by atoms with van der Waals surface area (Å²) in [6.07, 6.45) is 18.3. The summed E-state index contributed by atoms with van der Waals surface area (Å²) < 4.78 is 0. The first kappa shape index (κ1) is 28.7. The van der Waals surface area contributed by atoms with Gasteiger partial charge >= 0.3 is 0 Å². The maximum Gasteiger partial charge on any atom is 0.150 e. The van der Waals surface area contributed by atoms with Gasteiger partial charge in [-0.15, -0.1) is 0 Å². The molecule has 0 saturated heterocycles. The van der Waals surface area contributed by atoms with Crippen LogP contribution in [0.1, 0.15) is 31.8 Å². The van der Waals surface area contributed by atoms with Crippen molar-refractivity contribution in [2.45, 2.75) is 0 Å². The Hall–Kier alpha value is -3.26. The molecular formula is C36H26FeO2. The summed E-state index contributed by atoms with van der Waals surface area (Å²) in [5, 5.41) is 0. The molecule has 0 atom stereocenters. The Bertz CT molecular complexity index is 1240. The molecule has 0 unspecified atom stereocenters. The number of rotatable bonds is 6. The molecule has 2 nitrogen and oxygen atoms in total. The molecule has 2 fully saturated rings. The molecule has 4 aromatic carbocycles. The molecule has 190 valence electrons. The van der Waals surface area contributed by atoms with E-state index in [0.29, 0.717) is 11.1 Å². The van der Waals surface area contributed by atoms with E-state index in [1.54, 1.807) is 0 Å². The fourth-order valence-electron chi connectivity index (χ4n) is 4.43. The minimum Gasteiger partial charge on any atom is -0.298 e. The molecule has 3 heteroatoms. The van der Waals surface area contributed by atoms with Crippen molar-refractivity contribution in [3.63, 3.8) is 0 Å². The van der Waals surface area contributed by atoms with E-state index in [1.807, 2.05) is 74.2 Å². The van der Waals surface area contributed by atoms with Gasteiger partial charge in [-0.1, -0.05) is 84.9 Å². The molecule has 6 rings (SSSR count). The van der Waals surface area contributed by atoms with Crippen molar-refractivity contribution in [1.82, 2.24) is 0 Å². The first-order valence-corrected chi connectivity index (χ1v) is 12.5. The Morgan fingerprint density at radius 1 is 0.385 bits per heavy atom. The molecular weight excluding hydrogens is 520 g/mol. The summed E-state index contributed by atoms with van der Waals surface area (Å²) >= 11 is 0. The maximum atomic E-state index is 10.8. The fraction of sp³-hybridized carbons (Fsp3) is 0. The summed E-state index contributed by atoms with van der Waals surface area (Å²) in [6.45, 7) is 0. The molecule has 2 aliphatic carbocycles. The number of hydrogen-bond acceptors (Lipinski definition) is 2. The van der Waals surface area contributed by atoms with E-state index >= 15 is 0 Å². The molecule has 0 N–H and O–H groups in total. The van der Waals surface area contributed by atoms with Gasteiger partial charge in [-0.05, 0) is 96.9 Å². The van der Waals surface area contributed by atoms with Crippen molar-refractivity contribution in [2.24, 2.45) is 0 Å². The van der Waals surface area contributed by atoms with E-state index in [4.69, 9.17) is 0 Å². The number of benzene rings is 4. The molecule has 0 bridgehead atoms. The van der Waals surface area contributed by atoms with Gasteiger partial charge in [-0.3, -0.25) is 9.59 Å². The predicted molar refractivity (Wildman–Crippen MR) is 154 cm³/mol. The van der Waals surface area contributed by atoms with Crippen molar-refractivity contribution in [3.05, 3.63) is 183 Å². The normalized spacial score (nSPS) is 15.2. The number of hydrogen-bond donors (Lipinski definition) is 0. The average Bonchev–Trinajstić information content (AvgIpc) is 3.73. The van der Waals surface area contributed by atoms with Crippen LogP contribution >= 0.6 is 0 Å². The van der Waals surface area contributed by atoms with Gasteiger partial charge in [0.25, 0.3) is 0 Å². The number of carbonyl (C=O) groups is 2. The van der Waals surface area contributed by atoms with Gasteiger partial charge in [-0.2, -0.15) is 0 Å². The summed E-state index contributed by atoms with van der Waals surface area (Å²) in [4.78, 5) is 21.6. The van der Waals surface area contributed by atoms with Gasteiger partial charge in [0.1, 0.15) is 12.6 Å². The van der Waals surface area contributed by atoms with Crippen LogP contribution in [0.15, 0.2) is 97.1 Å². The third-order valence-electron chi connectivity index (χ3n) is 6.47. The maximum absolute atomic E-state index is 10.8. The van der Waals surface area contributed by atoms with Crippen molar-refractivity contribution in [3.8, 4) is 22.3 Å². The third kappa shape index (κ3) is 7.44. The van der Waals surface area contributed by atoms with Crippen molar-refractivity contribution in [1.29, 1.82) is 0 Å². The molecule has 0 aromatic heterocycles. The first-order valence-electron chi connectivity index (χ1n) is 12.5. The minimum atomic E-state index is 0. The molecule has 0 spiro atoms. The van der Waals surface area contributed by atoms with E-state index in [1.165, 1.54) is 23.0 Å². The quantitative estimate of drug-likeness (QED) is 0.182. The third-order valence-corrected chi connectivity index (χ3v) is 6.47. The Kier molecular flexibility index (Phi) is 10.5. The van der Waals surface area contributed by atoms with Crippen molar-refractivity contribution >= 4 is 12.6 Å². The molecule has 0 aliphatic heterocycles. The first-order chi connectivity index (χ1) is 18.7. The molecule has 2 aliphatic rings. The van der Waals surface area contributed by atoms with Gasteiger partial charge in [-0.25, -0.2) is 0 Å². The zero-order valence-electron chi connectivity index (χ0n) is 21.2.